The highest BCUT2D eigenvalue weighted by atomic mass is 32.2. The lowest BCUT2D eigenvalue weighted by atomic mass is 10.2. The minimum absolute atomic E-state index is 0.131. The summed E-state index contributed by atoms with van der Waals surface area (Å²) in [5.74, 6) is 2.24. The van der Waals surface area contributed by atoms with Crippen LogP contribution in [0.2, 0.25) is 0 Å². The first-order valence-corrected chi connectivity index (χ1v) is 9.72. The molecular formula is C15H20N4O3S2. The van der Waals surface area contributed by atoms with Crippen molar-refractivity contribution in [3.05, 3.63) is 24.0 Å². The van der Waals surface area contributed by atoms with E-state index in [1.54, 1.807) is 24.2 Å². The molecule has 0 saturated carbocycles. The van der Waals surface area contributed by atoms with E-state index in [9.17, 15) is 4.79 Å². The number of hydrogen-bond donors (Lipinski definition) is 2. The minimum atomic E-state index is -0.253. The Morgan fingerprint density at radius 1 is 1.46 bits per heavy atom. The zero-order valence-electron chi connectivity index (χ0n) is 13.4. The minimum Gasteiger partial charge on any atom is -0.445 e. The Hall–Kier alpha value is -1.58. The van der Waals surface area contributed by atoms with Crippen molar-refractivity contribution in [3.8, 4) is 0 Å². The molecule has 0 bridgehead atoms. The third-order valence-electron chi connectivity index (χ3n) is 3.51. The SMILES string of the molecule is CCc1cnc(CSc2cnc(NC(=O)NCC3CCCO3)s2)o1. The number of rotatable bonds is 7. The van der Waals surface area contributed by atoms with Crippen molar-refractivity contribution < 1.29 is 13.9 Å². The number of carbonyl (C=O) groups is 1. The van der Waals surface area contributed by atoms with E-state index < -0.39 is 0 Å². The number of anilines is 1. The van der Waals surface area contributed by atoms with Crippen molar-refractivity contribution in [3.63, 3.8) is 0 Å². The van der Waals surface area contributed by atoms with Gasteiger partial charge in [0.25, 0.3) is 0 Å². The van der Waals surface area contributed by atoms with Crippen LogP contribution in [0.1, 0.15) is 31.4 Å². The van der Waals surface area contributed by atoms with Crippen molar-refractivity contribution in [1.82, 2.24) is 15.3 Å². The van der Waals surface area contributed by atoms with Crippen LogP contribution in [0.5, 0.6) is 0 Å². The average Bonchev–Trinajstić information content (AvgIpc) is 3.32. The number of aromatic nitrogens is 2. The number of oxazole rings is 1. The molecule has 0 aromatic carbocycles. The van der Waals surface area contributed by atoms with E-state index in [-0.39, 0.29) is 12.1 Å². The Balaban J connectivity index is 1.41. The van der Waals surface area contributed by atoms with Crippen LogP contribution in [0, 0.1) is 0 Å². The van der Waals surface area contributed by atoms with Crippen LogP contribution < -0.4 is 10.6 Å². The van der Waals surface area contributed by atoms with Gasteiger partial charge in [0.2, 0.25) is 5.89 Å². The second-order valence-corrected chi connectivity index (χ2v) is 7.62. The summed E-state index contributed by atoms with van der Waals surface area (Å²) in [7, 11) is 0. The largest absolute Gasteiger partial charge is 0.445 e. The highest BCUT2D eigenvalue weighted by Crippen LogP contribution is 2.30. The molecule has 1 aliphatic heterocycles. The first-order chi connectivity index (χ1) is 11.7. The van der Waals surface area contributed by atoms with E-state index in [0.717, 1.165) is 35.8 Å². The van der Waals surface area contributed by atoms with Crippen LogP contribution in [0.4, 0.5) is 9.93 Å². The average molecular weight is 368 g/mol. The molecule has 2 aromatic rings. The van der Waals surface area contributed by atoms with Crippen molar-refractivity contribution in [2.45, 2.75) is 42.3 Å². The van der Waals surface area contributed by atoms with Gasteiger partial charge in [0.1, 0.15) is 5.76 Å². The Labute approximate surface area is 148 Å². The molecule has 1 aliphatic rings. The summed E-state index contributed by atoms with van der Waals surface area (Å²) >= 11 is 3.02. The Morgan fingerprint density at radius 3 is 3.12 bits per heavy atom. The first-order valence-electron chi connectivity index (χ1n) is 7.91. The second kappa shape index (κ2) is 8.50. The highest BCUT2D eigenvalue weighted by Gasteiger charge is 2.16. The van der Waals surface area contributed by atoms with E-state index >= 15 is 0 Å². The summed E-state index contributed by atoms with van der Waals surface area (Å²) in [5, 5.41) is 6.13. The maximum atomic E-state index is 11.9. The molecule has 1 atom stereocenters. The van der Waals surface area contributed by atoms with Crippen LogP contribution in [0.15, 0.2) is 21.0 Å². The van der Waals surface area contributed by atoms with Crippen LogP contribution >= 0.6 is 23.1 Å². The third kappa shape index (κ3) is 4.96. The number of ether oxygens (including phenoxy) is 1. The highest BCUT2D eigenvalue weighted by molar-refractivity contribution is 8.00. The summed E-state index contributed by atoms with van der Waals surface area (Å²) in [6, 6.07) is -0.253. The van der Waals surface area contributed by atoms with Gasteiger partial charge in [-0.2, -0.15) is 0 Å². The van der Waals surface area contributed by atoms with Gasteiger partial charge in [-0.05, 0) is 12.8 Å². The Kier molecular flexibility index (Phi) is 6.11. The lowest BCUT2D eigenvalue weighted by Gasteiger charge is -2.10. The first kappa shape index (κ1) is 17.2. The summed E-state index contributed by atoms with van der Waals surface area (Å²) in [6.07, 6.45) is 6.53. The van der Waals surface area contributed by atoms with Crippen molar-refractivity contribution in [1.29, 1.82) is 0 Å². The van der Waals surface area contributed by atoms with Gasteiger partial charge < -0.3 is 14.5 Å². The molecule has 24 heavy (non-hydrogen) atoms. The van der Waals surface area contributed by atoms with Gasteiger partial charge in [-0.1, -0.05) is 18.3 Å². The third-order valence-corrected chi connectivity index (χ3v) is 5.60. The maximum absolute atomic E-state index is 11.9. The van der Waals surface area contributed by atoms with Crippen molar-refractivity contribution in [2.75, 3.05) is 18.5 Å². The Bertz CT molecular complexity index is 667. The molecule has 2 aromatic heterocycles. The summed E-state index contributed by atoms with van der Waals surface area (Å²) in [4.78, 5) is 20.3. The number of nitrogens with zero attached hydrogens (tertiary/aromatic N) is 2. The lowest BCUT2D eigenvalue weighted by molar-refractivity contribution is 0.112. The number of thioether (sulfide) groups is 1. The number of hydrogen-bond acceptors (Lipinski definition) is 7. The molecule has 3 rings (SSSR count). The zero-order valence-corrected chi connectivity index (χ0v) is 15.0. The number of amides is 2. The standard InChI is InChI=1S/C15H20N4O3S2/c1-2-10-6-16-12(22-10)9-23-13-8-18-15(24-13)19-14(20)17-7-11-4-3-5-21-11/h6,8,11H,2-5,7,9H2,1H3,(H2,17,18,19,20). The number of aryl methyl sites for hydroxylation is 1. The predicted molar refractivity (Wildman–Crippen MR) is 93.6 cm³/mol. The molecule has 0 spiro atoms. The lowest BCUT2D eigenvalue weighted by Crippen LogP contribution is -2.34. The molecule has 0 aliphatic carbocycles. The summed E-state index contributed by atoms with van der Waals surface area (Å²) < 4.78 is 12.0. The molecule has 130 valence electrons. The van der Waals surface area contributed by atoms with Crippen LogP contribution in [-0.4, -0.2) is 35.3 Å². The van der Waals surface area contributed by atoms with E-state index in [4.69, 9.17) is 9.15 Å². The van der Waals surface area contributed by atoms with Crippen LogP contribution in [0.25, 0.3) is 0 Å². The van der Waals surface area contributed by atoms with Gasteiger partial charge in [0.15, 0.2) is 5.13 Å². The maximum Gasteiger partial charge on any atom is 0.321 e. The molecule has 2 N–H and O–H groups in total. The quantitative estimate of drug-likeness (QED) is 0.729. The van der Waals surface area contributed by atoms with E-state index in [1.165, 1.54) is 11.3 Å². The zero-order chi connectivity index (χ0) is 16.8. The van der Waals surface area contributed by atoms with Gasteiger partial charge in [-0.15, -0.1) is 11.8 Å². The molecule has 7 nitrogen and oxygen atoms in total. The number of urea groups is 1. The monoisotopic (exact) mass is 368 g/mol. The molecular weight excluding hydrogens is 348 g/mol. The fourth-order valence-corrected chi connectivity index (χ4v) is 3.97. The van der Waals surface area contributed by atoms with Gasteiger partial charge in [0.05, 0.1) is 28.5 Å². The van der Waals surface area contributed by atoms with E-state index in [0.29, 0.717) is 23.3 Å². The topological polar surface area (TPSA) is 89.3 Å². The van der Waals surface area contributed by atoms with Gasteiger partial charge in [-0.25, -0.2) is 14.8 Å². The fraction of sp³-hybridized carbons (Fsp3) is 0.533. The van der Waals surface area contributed by atoms with E-state index in [2.05, 4.69) is 20.6 Å². The van der Waals surface area contributed by atoms with E-state index in [1.807, 2.05) is 6.92 Å². The molecule has 1 unspecified atom stereocenters. The smallest absolute Gasteiger partial charge is 0.321 e. The molecule has 0 radical (unpaired) electrons. The van der Waals surface area contributed by atoms with Crippen molar-refractivity contribution in [2.24, 2.45) is 0 Å². The summed E-state index contributed by atoms with van der Waals surface area (Å²) in [6.45, 7) is 3.34. The summed E-state index contributed by atoms with van der Waals surface area (Å²) in [5.41, 5.74) is 0. The normalized spacial score (nSPS) is 17.1. The van der Waals surface area contributed by atoms with Gasteiger partial charge >= 0.3 is 6.03 Å². The number of thiazole rings is 1. The predicted octanol–water partition coefficient (Wildman–Crippen LogP) is 3.29. The van der Waals surface area contributed by atoms with Crippen LogP contribution in [0.3, 0.4) is 0 Å². The molecule has 3 heterocycles. The number of nitrogens with one attached hydrogen (secondary N) is 2. The van der Waals surface area contributed by atoms with Crippen molar-refractivity contribution >= 4 is 34.3 Å². The molecule has 9 heteroatoms. The second-order valence-electron chi connectivity index (χ2n) is 5.32. The molecule has 2 amide bonds. The Morgan fingerprint density at radius 2 is 2.38 bits per heavy atom. The fourth-order valence-electron chi connectivity index (χ4n) is 2.25. The van der Waals surface area contributed by atoms with Crippen LogP contribution in [-0.2, 0) is 16.9 Å². The number of carbonyl (C=O) groups excluding carboxylic acids is 1. The molecule has 1 fully saturated rings. The molecule has 1 saturated heterocycles. The van der Waals surface area contributed by atoms with Gasteiger partial charge in [-0.3, -0.25) is 5.32 Å². The van der Waals surface area contributed by atoms with Gasteiger partial charge in [0, 0.05) is 19.6 Å².